The summed E-state index contributed by atoms with van der Waals surface area (Å²) < 4.78 is 15.9. The Bertz CT molecular complexity index is 392. The van der Waals surface area contributed by atoms with Crippen molar-refractivity contribution in [1.29, 1.82) is 0 Å². The first-order valence-corrected chi connectivity index (χ1v) is 6.63. The van der Waals surface area contributed by atoms with E-state index in [2.05, 4.69) is 0 Å². The van der Waals surface area contributed by atoms with Gasteiger partial charge in [0.05, 0.1) is 25.4 Å². The Morgan fingerprint density at radius 2 is 1.50 bits per heavy atom. The monoisotopic (exact) mass is 366 g/mol. The van der Waals surface area contributed by atoms with Gasteiger partial charge in [-0.3, -0.25) is 9.59 Å². The number of carbonyl (C=O) groups excluding carboxylic acids is 2. The summed E-state index contributed by atoms with van der Waals surface area (Å²) >= 11 is 1.93. The summed E-state index contributed by atoms with van der Waals surface area (Å²) in [6, 6.07) is 0. The molecule has 0 aromatic carbocycles. The number of rotatable bonds is 6. The molecular weight excluding hydrogens is 351 g/mol. The lowest BCUT2D eigenvalue weighted by Gasteiger charge is -2.05. The number of carbonyl (C=O) groups is 2. The molecule has 0 bridgehead atoms. The van der Waals surface area contributed by atoms with E-state index >= 15 is 0 Å². The van der Waals surface area contributed by atoms with Gasteiger partial charge in [0.1, 0.15) is 0 Å². The lowest BCUT2D eigenvalue weighted by molar-refractivity contribution is -0.118. The van der Waals surface area contributed by atoms with E-state index in [1.165, 1.54) is 7.11 Å². The second-order valence-corrected chi connectivity index (χ2v) is 4.70. The molecule has 0 radical (unpaired) electrons. The van der Waals surface area contributed by atoms with Crippen LogP contribution in [-0.4, -0.2) is 38.5 Å². The Hall–Kier alpha value is -0.890. The van der Waals surface area contributed by atoms with E-state index in [0.29, 0.717) is 16.8 Å². The highest BCUT2D eigenvalue weighted by Crippen LogP contribution is 2.30. The van der Waals surface area contributed by atoms with E-state index in [0.717, 1.165) is 0 Å². The molecule has 0 fully saturated rings. The molecule has 1 rings (SSSR count). The van der Waals surface area contributed by atoms with Gasteiger partial charge in [0, 0.05) is 10.7 Å². The van der Waals surface area contributed by atoms with E-state index in [1.807, 2.05) is 22.6 Å². The normalized spacial score (nSPS) is 15.4. The summed E-state index contributed by atoms with van der Waals surface area (Å²) in [7, 11) is 1.50. The molecule has 18 heavy (non-hydrogen) atoms. The number of halogens is 1. The lowest BCUT2D eigenvalue weighted by atomic mass is 10.1. The van der Waals surface area contributed by atoms with Gasteiger partial charge < -0.3 is 14.2 Å². The molecule has 0 N–H and O–H groups in total. The average Bonchev–Trinajstić information content (AvgIpc) is 2.55. The van der Waals surface area contributed by atoms with Crippen LogP contribution >= 0.6 is 22.6 Å². The van der Waals surface area contributed by atoms with E-state index < -0.39 is 11.6 Å². The minimum atomic E-state index is -0.424. The van der Waals surface area contributed by atoms with Gasteiger partial charge >= 0.3 is 0 Å². The van der Waals surface area contributed by atoms with Crippen molar-refractivity contribution in [2.24, 2.45) is 0 Å². The molecule has 0 heterocycles. The van der Waals surface area contributed by atoms with E-state index in [9.17, 15) is 9.59 Å². The minimum Gasteiger partial charge on any atom is -0.486 e. The number of ketones is 2. The van der Waals surface area contributed by atoms with Gasteiger partial charge in [-0.2, -0.15) is 0 Å². The summed E-state index contributed by atoms with van der Waals surface area (Å²) in [6.45, 7) is 4.32. The van der Waals surface area contributed by atoms with Crippen molar-refractivity contribution < 1.29 is 23.8 Å². The number of allylic oxidation sites excluding steroid dienone is 2. The number of hydrogen-bond donors (Lipinski definition) is 0. The smallest absolute Gasteiger partial charge is 0.236 e. The maximum atomic E-state index is 12.1. The third-order valence-electron chi connectivity index (χ3n) is 2.19. The van der Waals surface area contributed by atoms with Crippen molar-refractivity contribution >= 4 is 34.2 Å². The van der Waals surface area contributed by atoms with Crippen molar-refractivity contribution in [2.45, 2.75) is 13.8 Å². The second kappa shape index (κ2) is 6.89. The van der Waals surface area contributed by atoms with Gasteiger partial charge in [0.15, 0.2) is 0 Å². The van der Waals surface area contributed by atoms with Crippen LogP contribution in [0.2, 0.25) is 0 Å². The highest BCUT2D eigenvalue weighted by molar-refractivity contribution is 14.1. The van der Waals surface area contributed by atoms with Crippen LogP contribution in [0, 0.1) is 0 Å². The predicted octanol–water partition coefficient (Wildman–Crippen LogP) is 1.76. The summed E-state index contributed by atoms with van der Waals surface area (Å²) in [5.74, 6) is -0.840. The largest absolute Gasteiger partial charge is 0.486 e. The number of methoxy groups -OCH3 is 1. The summed E-state index contributed by atoms with van der Waals surface area (Å²) in [6.07, 6.45) is 0. The third kappa shape index (κ3) is 2.92. The summed E-state index contributed by atoms with van der Waals surface area (Å²) in [5, 5.41) is 0. The fourth-order valence-corrected chi connectivity index (χ4v) is 2.33. The third-order valence-corrected chi connectivity index (χ3v) is 3.04. The molecule has 1 aliphatic carbocycles. The van der Waals surface area contributed by atoms with Crippen molar-refractivity contribution in [1.82, 2.24) is 0 Å². The zero-order chi connectivity index (χ0) is 13.7. The molecule has 0 saturated heterocycles. The van der Waals surface area contributed by atoms with Gasteiger partial charge in [-0.25, -0.2) is 0 Å². The van der Waals surface area contributed by atoms with Crippen molar-refractivity contribution in [3.8, 4) is 0 Å². The van der Waals surface area contributed by atoms with E-state index in [-0.39, 0.29) is 23.7 Å². The maximum Gasteiger partial charge on any atom is 0.236 e. The summed E-state index contributed by atoms with van der Waals surface area (Å²) in [4.78, 5) is 24.2. The van der Waals surface area contributed by atoms with Crippen molar-refractivity contribution in [3.05, 3.63) is 20.7 Å². The topological polar surface area (TPSA) is 61.8 Å². The number of Topliss-reactive ketones (excluding diaryl/α,β-unsaturated/α-hetero) is 2. The average molecular weight is 366 g/mol. The Morgan fingerprint density at radius 1 is 1.06 bits per heavy atom. The Labute approximate surface area is 119 Å². The van der Waals surface area contributed by atoms with Gasteiger partial charge in [-0.05, 0) is 36.4 Å². The molecule has 0 spiro atoms. The summed E-state index contributed by atoms with van der Waals surface area (Å²) in [5.41, 5.74) is 0.0874. The molecule has 0 aliphatic heterocycles. The van der Waals surface area contributed by atoms with Crippen LogP contribution < -0.4 is 0 Å². The number of ether oxygens (including phenoxy) is 3. The molecule has 0 saturated carbocycles. The first-order valence-electron chi connectivity index (χ1n) is 5.55. The zero-order valence-electron chi connectivity index (χ0n) is 10.5. The van der Waals surface area contributed by atoms with Crippen molar-refractivity contribution in [2.75, 3.05) is 26.9 Å². The molecule has 1 aliphatic rings. The molecule has 6 heteroatoms. The van der Waals surface area contributed by atoms with Crippen LogP contribution in [0.15, 0.2) is 20.7 Å². The SMILES string of the molecule is CCOC1=C(OCC)C(=O)C(=C(I)COC)C1=O. The first-order chi connectivity index (χ1) is 8.58. The predicted molar refractivity (Wildman–Crippen MR) is 73.2 cm³/mol. The van der Waals surface area contributed by atoms with Crippen LogP contribution in [0.1, 0.15) is 13.8 Å². The molecule has 0 aromatic rings. The highest BCUT2D eigenvalue weighted by atomic mass is 127. The minimum absolute atomic E-state index is 0.00428. The van der Waals surface area contributed by atoms with Crippen LogP contribution in [0.4, 0.5) is 0 Å². The fourth-order valence-electron chi connectivity index (χ4n) is 1.53. The standard InChI is InChI=1S/C12H15IO5/c1-4-17-11-9(14)8(7(13)6-16-3)10(15)12(11)18-5-2/h4-6H2,1-3H3. The van der Waals surface area contributed by atoms with Gasteiger partial charge in [-0.1, -0.05) is 0 Å². The second-order valence-electron chi connectivity index (χ2n) is 3.40. The molecule has 5 nitrogen and oxygen atoms in total. The Balaban J connectivity index is 3.17. The molecular formula is C12H15IO5. The van der Waals surface area contributed by atoms with Crippen LogP contribution in [0.5, 0.6) is 0 Å². The van der Waals surface area contributed by atoms with Crippen LogP contribution in [-0.2, 0) is 23.8 Å². The van der Waals surface area contributed by atoms with Crippen LogP contribution in [0.3, 0.4) is 0 Å². The lowest BCUT2D eigenvalue weighted by Crippen LogP contribution is -2.10. The van der Waals surface area contributed by atoms with Crippen molar-refractivity contribution in [3.63, 3.8) is 0 Å². The Morgan fingerprint density at radius 3 is 1.83 bits per heavy atom. The van der Waals surface area contributed by atoms with Gasteiger partial charge in [0.25, 0.3) is 0 Å². The zero-order valence-corrected chi connectivity index (χ0v) is 12.7. The van der Waals surface area contributed by atoms with E-state index in [4.69, 9.17) is 14.2 Å². The van der Waals surface area contributed by atoms with Gasteiger partial charge in [0.2, 0.25) is 23.1 Å². The quantitative estimate of drug-likeness (QED) is 0.407. The molecule has 100 valence electrons. The molecule has 0 aromatic heterocycles. The fraction of sp³-hybridized carbons (Fsp3) is 0.500. The molecule has 0 unspecified atom stereocenters. The number of hydrogen-bond acceptors (Lipinski definition) is 5. The first kappa shape index (κ1) is 15.2. The highest BCUT2D eigenvalue weighted by Gasteiger charge is 2.40. The van der Waals surface area contributed by atoms with E-state index in [1.54, 1.807) is 13.8 Å². The molecule has 0 amide bonds. The Kier molecular flexibility index (Phi) is 5.80. The maximum absolute atomic E-state index is 12.1. The van der Waals surface area contributed by atoms with Crippen LogP contribution in [0.25, 0.3) is 0 Å². The van der Waals surface area contributed by atoms with Gasteiger partial charge in [-0.15, -0.1) is 0 Å². The molecule has 0 atom stereocenters.